The normalized spacial score (nSPS) is 13.1. The Hall–Kier alpha value is -3.90. The van der Waals surface area contributed by atoms with Crippen LogP contribution in [0.5, 0.6) is 0 Å². The van der Waals surface area contributed by atoms with Crippen LogP contribution in [0, 0.1) is 0 Å². The molecule has 0 aliphatic carbocycles. The van der Waals surface area contributed by atoms with Crippen LogP contribution in [0.3, 0.4) is 0 Å². The predicted octanol–water partition coefficient (Wildman–Crippen LogP) is 3.94. The SMILES string of the molecule is O=C(NO)c1ccc(CC(=O)N2CCc3c(c4ccccc4n3Cc3ccccc3)C2)cc1. The fourth-order valence-electron chi connectivity index (χ4n) is 4.69. The molecular formula is C27H25N3O3. The molecule has 33 heavy (non-hydrogen) atoms. The minimum absolute atomic E-state index is 0.0694. The van der Waals surface area contributed by atoms with Crippen LogP contribution in [-0.4, -0.2) is 33.0 Å². The summed E-state index contributed by atoms with van der Waals surface area (Å²) in [6, 6.07) is 25.6. The number of hydrogen-bond acceptors (Lipinski definition) is 3. The number of carbonyl (C=O) groups is 2. The zero-order valence-electron chi connectivity index (χ0n) is 18.2. The van der Waals surface area contributed by atoms with Gasteiger partial charge in [0.05, 0.1) is 6.42 Å². The van der Waals surface area contributed by atoms with Crippen LogP contribution >= 0.6 is 0 Å². The van der Waals surface area contributed by atoms with Crippen molar-refractivity contribution < 1.29 is 14.8 Å². The van der Waals surface area contributed by atoms with Crippen molar-refractivity contribution in [3.8, 4) is 0 Å². The average molecular weight is 440 g/mol. The van der Waals surface area contributed by atoms with Gasteiger partial charge in [-0.3, -0.25) is 14.8 Å². The summed E-state index contributed by atoms with van der Waals surface area (Å²) < 4.78 is 2.40. The molecule has 1 aliphatic heterocycles. The first-order valence-electron chi connectivity index (χ1n) is 11.1. The van der Waals surface area contributed by atoms with Gasteiger partial charge < -0.3 is 9.47 Å². The molecule has 0 atom stereocenters. The number of nitrogens with zero attached hydrogens (tertiary/aromatic N) is 2. The Bertz CT molecular complexity index is 1310. The summed E-state index contributed by atoms with van der Waals surface area (Å²) in [5.41, 5.74) is 7.82. The van der Waals surface area contributed by atoms with Gasteiger partial charge in [0.25, 0.3) is 5.91 Å². The van der Waals surface area contributed by atoms with E-state index in [1.54, 1.807) is 29.7 Å². The van der Waals surface area contributed by atoms with Gasteiger partial charge in [-0.25, -0.2) is 5.48 Å². The number of aromatic nitrogens is 1. The highest BCUT2D eigenvalue weighted by atomic mass is 16.5. The van der Waals surface area contributed by atoms with Crippen molar-refractivity contribution in [1.82, 2.24) is 14.9 Å². The molecular weight excluding hydrogens is 414 g/mol. The molecule has 6 nitrogen and oxygen atoms in total. The van der Waals surface area contributed by atoms with Crippen molar-refractivity contribution in [2.75, 3.05) is 6.54 Å². The Morgan fingerprint density at radius 2 is 1.61 bits per heavy atom. The molecule has 2 N–H and O–H groups in total. The highest BCUT2D eigenvalue weighted by Crippen LogP contribution is 2.32. The molecule has 0 saturated heterocycles. The molecule has 3 aromatic carbocycles. The zero-order valence-corrected chi connectivity index (χ0v) is 18.2. The second kappa shape index (κ2) is 8.92. The van der Waals surface area contributed by atoms with Crippen LogP contribution in [0.25, 0.3) is 10.9 Å². The van der Waals surface area contributed by atoms with Crippen LogP contribution in [0.1, 0.15) is 32.7 Å². The summed E-state index contributed by atoms with van der Waals surface area (Å²) in [5.74, 6) is -0.497. The first kappa shape index (κ1) is 21.0. The lowest BCUT2D eigenvalue weighted by Gasteiger charge is -2.28. The molecule has 0 radical (unpaired) electrons. The van der Waals surface area contributed by atoms with Gasteiger partial charge in [0, 0.05) is 53.8 Å². The van der Waals surface area contributed by atoms with Crippen molar-refractivity contribution in [2.24, 2.45) is 0 Å². The highest BCUT2D eigenvalue weighted by molar-refractivity contribution is 5.93. The second-order valence-corrected chi connectivity index (χ2v) is 8.39. The second-order valence-electron chi connectivity index (χ2n) is 8.39. The standard InChI is InChI=1S/C27H25N3O3/c31-26(16-19-10-12-21(13-11-19)27(32)28-33)29-15-14-25-23(18-29)22-8-4-5-9-24(22)30(25)17-20-6-2-1-3-7-20/h1-13,33H,14-18H2,(H,28,32). The minimum atomic E-state index is -0.566. The number of carbonyl (C=O) groups excluding carboxylic acids is 2. The lowest BCUT2D eigenvalue weighted by Crippen LogP contribution is -2.37. The van der Waals surface area contributed by atoms with Gasteiger partial charge in [0.2, 0.25) is 5.91 Å². The van der Waals surface area contributed by atoms with Crippen molar-refractivity contribution in [3.05, 3.63) is 107 Å². The van der Waals surface area contributed by atoms with Crippen molar-refractivity contribution in [3.63, 3.8) is 0 Å². The lowest BCUT2D eigenvalue weighted by molar-refractivity contribution is -0.131. The van der Waals surface area contributed by atoms with Gasteiger partial charge >= 0.3 is 0 Å². The Morgan fingerprint density at radius 3 is 2.36 bits per heavy atom. The maximum atomic E-state index is 13.1. The smallest absolute Gasteiger partial charge is 0.274 e. The Kier molecular flexibility index (Phi) is 5.67. The zero-order chi connectivity index (χ0) is 22.8. The summed E-state index contributed by atoms with van der Waals surface area (Å²) in [7, 11) is 0. The molecule has 0 fully saturated rings. The molecule has 2 heterocycles. The number of rotatable bonds is 5. The molecule has 0 saturated carbocycles. The maximum Gasteiger partial charge on any atom is 0.274 e. The quantitative estimate of drug-likeness (QED) is 0.365. The number of hydroxylamine groups is 1. The molecule has 0 spiro atoms. The van der Waals surface area contributed by atoms with Crippen LogP contribution in [0.15, 0.2) is 78.9 Å². The number of benzene rings is 3. The first-order chi connectivity index (χ1) is 16.1. The summed E-state index contributed by atoms with van der Waals surface area (Å²) in [4.78, 5) is 26.5. The molecule has 0 bridgehead atoms. The topological polar surface area (TPSA) is 74.6 Å². The molecule has 0 unspecified atom stereocenters. The Morgan fingerprint density at radius 1 is 0.879 bits per heavy atom. The molecule has 4 aromatic rings. The fraction of sp³-hybridized carbons (Fsp3) is 0.185. The van der Waals surface area contributed by atoms with E-state index >= 15 is 0 Å². The van der Waals surface area contributed by atoms with Crippen molar-refractivity contribution in [2.45, 2.75) is 25.9 Å². The molecule has 2 amide bonds. The van der Waals surface area contributed by atoms with E-state index in [1.165, 1.54) is 27.7 Å². The third-order valence-electron chi connectivity index (χ3n) is 6.37. The number of para-hydroxylation sites is 1. The Labute approximate surface area is 192 Å². The maximum absolute atomic E-state index is 13.1. The minimum Gasteiger partial charge on any atom is -0.340 e. The first-order valence-corrected chi connectivity index (χ1v) is 11.1. The van der Waals surface area contributed by atoms with Crippen molar-refractivity contribution in [1.29, 1.82) is 0 Å². The van der Waals surface area contributed by atoms with E-state index in [9.17, 15) is 9.59 Å². The number of amides is 2. The van der Waals surface area contributed by atoms with Crippen LogP contribution < -0.4 is 5.48 Å². The van der Waals surface area contributed by atoms with Gasteiger partial charge in [0.1, 0.15) is 0 Å². The third-order valence-corrected chi connectivity index (χ3v) is 6.37. The summed E-state index contributed by atoms with van der Waals surface area (Å²) in [6.07, 6.45) is 1.09. The summed E-state index contributed by atoms with van der Waals surface area (Å²) in [5, 5.41) is 9.96. The van der Waals surface area contributed by atoms with Crippen LogP contribution in [-0.2, 0) is 30.7 Å². The molecule has 166 valence electrons. The molecule has 1 aromatic heterocycles. The lowest BCUT2D eigenvalue weighted by atomic mass is 10.0. The van der Waals surface area contributed by atoms with E-state index in [4.69, 9.17) is 5.21 Å². The third kappa shape index (κ3) is 4.13. The Balaban J connectivity index is 1.38. The number of hydrogen-bond donors (Lipinski definition) is 2. The van der Waals surface area contributed by atoms with Gasteiger partial charge in [0.15, 0.2) is 0 Å². The van der Waals surface area contributed by atoms with Crippen LogP contribution in [0.4, 0.5) is 0 Å². The largest absolute Gasteiger partial charge is 0.340 e. The van der Waals surface area contributed by atoms with E-state index in [0.29, 0.717) is 18.7 Å². The molecule has 5 rings (SSSR count). The monoisotopic (exact) mass is 439 g/mol. The van der Waals surface area contributed by atoms with Gasteiger partial charge in [-0.2, -0.15) is 0 Å². The van der Waals surface area contributed by atoms with E-state index < -0.39 is 5.91 Å². The summed E-state index contributed by atoms with van der Waals surface area (Å²) >= 11 is 0. The predicted molar refractivity (Wildman–Crippen MR) is 126 cm³/mol. The van der Waals surface area contributed by atoms with Gasteiger partial charge in [-0.1, -0.05) is 60.7 Å². The van der Waals surface area contributed by atoms with Crippen molar-refractivity contribution >= 4 is 22.7 Å². The van der Waals surface area contributed by atoms with E-state index in [-0.39, 0.29) is 12.3 Å². The average Bonchev–Trinajstić information content (AvgIpc) is 3.17. The van der Waals surface area contributed by atoms with E-state index in [0.717, 1.165) is 18.5 Å². The number of fused-ring (bicyclic) bond motifs is 3. The molecule has 1 aliphatic rings. The van der Waals surface area contributed by atoms with Gasteiger partial charge in [-0.15, -0.1) is 0 Å². The molecule has 6 heteroatoms. The highest BCUT2D eigenvalue weighted by Gasteiger charge is 2.26. The number of nitrogens with one attached hydrogen (secondary N) is 1. The van der Waals surface area contributed by atoms with E-state index in [1.807, 2.05) is 11.0 Å². The van der Waals surface area contributed by atoms with E-state index in [2.05, 4.69) is 53.1 Å². The fourth-order valence-corrected chi connectivity index (χ4v) is 4.69. The van der Waals surface area contributed by atoms with Gasteiger partial charge in [-0.05, 0) is 29.3 Å². The van der Waals surface area contributed by atoms with Crippen LogP contribution in [0.2, 0.25) is 0 Å². The summed E-state index contributed by atoms with van der Waals surface area (Å²) in [6.45, 7) is 2.10.